The number of likely N-dealkylation sites (N-methyl/N-ethyl adjacent to an activating group) is 2. The molecule has 1 heterocycles. The summed E-state index contributed by atoms with van der Waals surface area (Å²) >= 11 is 0. The van der Waals surface area contributed by atoms with Gasteiger partial charge in [0, 0.05) is 13.1 Å². The summed E-state index contributed by atoms with van der Waals surface area (Å²) in [5.41, 5.74) is 1.28. The highest BCUT2D eigenvalue weighted by molar-refractivity contribution is 5.31. The van der Waals surface area contributed by atoms with E-state index < -0.39 is 0 Å². The van der Waals surface area contributed by atoms with Gasteiger partial charge in [0.2, 0.25) is 0 Å². The molecule has 0 amide bonds. The second-order valence-corrected chi connectivity index (χ2v) is 5.46. The molecule has 1 aliphatic rings. The van der Waals surface area contributed by atoms with Crippen LogP contribution in [-0.2, 0) is 4.74 Å². The molecule has 4 nitrogen and oxygen atoms in total. The zero-order chi connectivity index (χ0) is 15.1. The molecule has 1 aromatic carbocycles. The molecule has 0 radical (unpaired) electrons. The fourth-order valence-electron chi connectivity index (χ4n) is 2.95. The van der Waals surface area contributed by atoms with Crippen molar-refractivity contribution < 1.29 is 9.47 Å². The molecule has 1 aliphatic heterocycles. The van der Waals surface area contributed by atoms with Crippen LogP contribution < -0.4 is 10.1 Å². The van der Waals surface area contributed by atoms with Crippen molar-refractivity contribution in [2.75, 3.05) is 39.9 Å². The van der Waals surface area contributed by atoms with Gasteiger partial charge < -0.3 is 14.8 Å². The van der Waals surface area contributed by atoms with E-state index in [1.54, 1.807) is 0 Å². The molecule has 0 aromatic heterocycles. The minimum absolute atomic E-state index is 0.185. The third-order valence-corrected chi connectivity index (χ3v) is 3.94. The third kappa shape index (κ3) is 4.19. The largest absolute Gasteiger partial charge is 0.494 e. The quantitative estimate of drug-likeness (QED) is 0.837. The predicted molar refractivity (Wildman–Crippen MR) is 85.9 cm³/mol. The van der Waals surface area contributed by atoms with Gasteiger partial charge in [-0.3, -0.25) is 4.90 Å². The Kier molecular flexibility index (Phi) is 6.49. The summed E-state index contributed by atoms with van der Waals surface area (Å²) in [5.74, 6) is 0.958. The molecule has 118 valence electrons. The van der Waals surface area contributed by atoms with Gasteiger partial charge in [0.1, 0.15) is 5.75 Å². The summed E-state index contributed by atoms with van der Waals surface area (Å²) in [7, 11) is 1.98. The zero-order valence-corrected chi connectivity index (χ0v) is 13.5. The van der Waals surface area contributed by atoms with E-state index in [0.29, 0.717) is 6.04 Å². The van der Waals surface area contributed by atoms with Crippen LogP contribution in [0.5, 0.6) is 5.75 Å². The Bertz CT molecular complexity index is 423. The van der Waals surface area contributed by atoms with Gasteiger partial charge in [-0.1, -0.05) is 26.0 Å². The van der Waals surface area contributed by atoms with Crippen molar-refractivity contribution in [1.82, 2.24) is 10.2 Å². The molecular formula is C17H28N2O2. The lowest BCUT2D eigenvalue weighted by Gasteiger charge is -2.41. The maximum atomic E-state index is 5.99. The van der Waals surface area contributed by atoms with Crippen LogP contribution in [0.15, 0.2) is 24.3 Å². The van der Waals surface area contributed by atoms with E-state index in [0.717, 1.165) is 45.0 Å². The molecule has 21 heavy (non-hydrogen) atoms. The maximum Gasteiger partial charge on any atom is 0.119 e. The molecule has 4 heteroatoms. The number of ether oxygens (including phenoxy) is 2. The number of rotatable bonds is 7. The monoisotopic (exact) mass is 292 g/mol. The number of hydrogen-bond donors (Lipinski definition) is 1. The van der Waals surface area contributed by atoms with Crippen LogP contribution in [0.25, 0.3) is 0 Å². The van der Waals surface area contributed by atoms with Crippen molar-refractivity contribution >= 4 is 0 Å². The van der Waals surface area contributed by atoms with Gasteiger partial charge in [-0.05, 0) is 37.7 Å². The molecule has 0 spiro atoms. The number of morpholine rings is 1. The Morgan fingerprint density at radius 2 is 2.24 bits per heavy atom. The Labute approximate surface area is 128 Å². The second kappa shape index (κ2) is 8.37. The average Bonchev–Trinajstić information content (AvgIpc) is 2.53. The second-order valence-electron chi connectivity index (χ2n) is 5.46. The molecule has 0 saturated carbocycles. The van der Waals surface area contributed by atoms with Gasteiger partial charge in [0.25, 0.3) is 0 Å². The molecule has 1 fully saturated rings. The number of benzene rings is 1. The van der Waals surface area contributed by atoms with Crippen molar-refractivity contribution in [2.45, 2.75) is 32.4 Å². The first-order valence-corrected chi connectivity index (χ1v) is 8.03. The van der Waals surface area contributed by atoms with E-state index >= 15 is 0 Å². The van der Waals surface area contributed by atoms with Crippen LogP contribution in [0.1, 0.15) is 31.9 Å². The van der Waals surface area contributed by atoms with Gasteiger partial charge in [-0.25, -0.2) is 0 Å². The average molecular weight is 292 g/mol. The summed E-state index contributed by atoms with van der Waals surface area (Å²) in [6, 6.07) is 8.76. The van der Waals surface area contributed by atoms with E-state index in [9.17, 15) is 0 Å². The van der Waals surface area contributed by atoms with Gasteiger partial charge in [0.15, 0.2) is 0 Å². The SMILES string of the molecule is CCCOc1cccc(C2C(CNC)OCCN2CC)c1. The highest BCUT2D eigenvalue weighted by atomic mass is 16.5. The Hall–Kier alpha value is -1.10. The van der Waals surface area contributed by atoms with E-state index in [-0.39, 0.29) is 6.10 Å². The summed E-state index contributed by atoms with van der Waals surface area (Å²) in [6.07, 6.45) is 1.21. The molecule has 0 bridgehead atoms. The summed E-state index contributed by atoms with van der Waals surface area (Å²) in [6.45, 7) is 8.80. The highest BCUT2D eigenvalue weighted by Gasteiger charge is 2.32. The topological polar surface area (TPSA) is 33.7 Å². The van der Waals surface area contributed by atoms with Crippen molar-refractivity contribution in [2.24, 2.45) is 0 Å². The van der Waals surface area contributed by atoms with Gasteiger partial charge in [-0.15, -0.1) is 0 Å². The van der Waals surface area contributed by atoms with E-state index in [1.165, 1.54) is 5.56 Å². The van der Waals surface area contributed by atoms with Crippen LogP contribution in [0.2, 0.25) is 0 Å². The van der Waals surface area contributed by atoms with Crippen molar-refractivity contribution in [3.8, 4) is 5.75 Å². The van der Waals surface area contributed by atoms with E-state index in [1.807, 2.05) is 13.1 Å². The standard InChI is InChI=1S/C17H28N2O2/c1-4-10-20-15-8-6-7-14(12-15)17-16(13-18-3)21-11-9-19(17)5-2/h6-8,12,16-18H,4-5,9-11,13H2,1-3H3. The summed E-state index contributed by atoms with van der Waals surface area (Å²) in [4.78, 5) is 2.49. The van der Waals surface area contributed by atoms with Crippen LogP contribution in [0.4, 0.5) is 0 Å². The van der Waals surface area contributed by atoms with Crippen LogP contribution in [0, 0.1) is 0 Å². The molecular weight excluding hydrogens is 264 g/mol. The molecule has 0 aliphatic carbocycles. The van der Waals surface area contributed by atoms with Crippen molar-refractivity contribution in [3.63, 3.8) is 0 Å². The molecule has 2 atom stereocenters. The first kappa shape index (κ1) is 16.3. The fourth-order valence-corrected chi connectivity index (χ4v) is 2.95. The molecule has 1 aromatic rings. The Morgan fingerprint density at radius 1 is 1.38 bits per heavy atom. The molecule has 2 rings (SSSR count). The predicted octanol–water partition coefficient (Wildman–Crippen LogP) is 2.46. The summed E-state index contributed by atoms with van der Waals surface area (Å²) < 4.78 is 11.8. The first-order valence-electron chi connectivity index (χ1n) is 8.03. The molecule has 1 saturated heterocycles. The normalized spacial score (nSPS) is 23.2. The smallest absolute Gasteiger partial charge is 0.119 e. The van der Waals surface area contributed by atoms with Crippen LogP contribution in [-0.4, -0.2) is 50.9 Å². The minimum Gasteiger partial charge on any atom is -0.494 e. The summed E-state index contributed by atoms with van der Waals surface area (Å²) in [5, 5.41) is 3.25. The molecule has 1 N–H and O–H groups in total. The number of hydrogen-bond acceptors (Lipinski definition) is 4. The number of nitrogens with one attached hydrogen (secondary N) is 1. The fraction of sp³-hybridized carbons (Fsp3) is 0.647. The zero-order valence-electron chi connectivity index (χ0n) is 13.5. The van der Waals surface area contributed by atoms with Gasteiger partial charge in [-0.2, -0.15) is 0 Å². The first-order chi connectivity index (χ1) is 10.3. The minimum atomic E-state index is 0.185. The molecule has 2 unspecified atom stereocenters. The van der Waals surface area contributed by atoms with Crippen LogP contribution in [0.3, 0.4) is 0 Å². The van der Waals surface area contributed by atoms with Crippen LogP contribution >= 0.6 is 0 Å². The highest BCUT2D eigenvalue weighted by Crippen LogP contribution is 2.31. The van der Waals surface area contributed by atoms with E-state index in [4.69, 9.17) is 9.47 Å². The third-order valence-electron chi connectivity index (χ3n) is 3.94. The Morgan fingerprint density at radius 3 is 2.95 bits per heavy atom. The van der Waals surface area contributed by atoms with Gasteiger partial charge in [0.05, 0.1) is 25.4 Å². The van der Waals surface area contributed by atoms with Crippen molar-refractivity contribution in [1.29, 1.82) is 0 Å². The lowest BCUT2D eigenvalue weighted by Crippen LogP contribution is -2.48. The van der Waals surface area contributed by atoms with E-state index in [2.05, 4.69) is 42.3 Å². The van der Waals surface area contributed by atoms with Gasteiger partial charge >= 0.3 is 0 Å². The maximum absolute atomic E-state index is 5.99. The Balaban J connectivity index is 2.21. The lowest BCUT2D eigenvalue weighted by molar-refractivity contribution is -0.0687. The lowest BCUT2D eigenvalue weighted by atomic mass is 9.97. The number of nitrogens with zero attached hydrogens (tertiary/aromatic N) is 1. The van der Waals surface area contributed by atoms with Crippen molar-refractivity contribution in [3.05, 3.63) is 29.8 Å².